The smallest absolute Gasteiger partial charge is 0.123 e. The monoisotopic (exact) mass is 364 g/mol. The van der Waals surface area contributed by atoms with Gasteiger partial charge in [-0.15, -0.1) is 5.11 Å². The van der Waals surface area contributed by atoms with E-state index in [4.69, 9.17) is 39.2 Å². The van der Waals surface area contributed by atoms with Crippen LogP contribution in [-0.2, 0) is 6.42 Å². The third kappa shape index (κ3) is 5.36. The summed E-state index contributed by atoms with van der Waals surface area (Å²) in [6.07, 6.45) is 7.11. The lowest BCUT2D eigenvalue weighted by molar-refractivity contribution is 0.404. The van der Waals surface area contributed by atoms with Gasteiger partial charge >= 0.3 is 0 Å². The fourth-order valence-electron chi connectivity index (χ4n) is 4.00. The molecule has 2 rings (SSSR count). The molecule has 2 unspecified atom stereocenters. The lowest BCUT2D eigenvalue weighted by atomic mass is 9.38. The highest BCUT2D eigenvalue weighted by molar-refractivity contribution is 6.61. The largest absolute Gasteiger partial charge is 0.507 e. The third-order valence-electron chi connectivity index (χ3n) is 5.71. The van der Waals surface area contributed by atoms with Crippen molar-refractivity contribution >= 4 is 39.2 Å². The number of hydrogen-bond donors (Lipinski definition) is 2. The van der Waals surface area contributed by atoms with E-state index in [0.717, 1.165) is 36.8 Å². The third-order valence-corrected chi connectivity index (χ3v) is 5.71. The second-order valence-electron chi connectivity index (χ2n) is 7.94. The van der Waals surface area contributed by atoms with Crippen molar-refractivity contribution in [1.82, 2.24) is 0 Å². The average molecular weight is 363 g/mol. The molecule has 0 heterocycles. The Bertz CT molecular complexity index is 738. The van der Waals surface area contributed by atoms with Gasteiger partial charge in [0.2, 0.25) is 0 Å². The number of benzene rings is 1. The van der Waals surface area contributed by atoms with Crippen LogP contribution in [0.4, 0.5) is 0 Å². The zero-order valence-corrected chi connectivity index (χ0v) is 16.9. The molecule has 2 nitrogen and oxygen atoms in total. The molecule has 0 saturated carbocycles. The summed E-state index contributed by atoms with van der Waals surface area (Å²) in [4.78, 5) is 0. The van der Waals surface area contributed by atoms with Gasteiger partial charge in [0.25, 0.3) is 0 Å². The second kappa shape index (κ2) is 9.41. The maximum atomic E-state index is 10.7. The molecule has 1 aromatic rings. The Morgan fingerprint density at radius 3 is 2.21 bits per heavy atom. The van der Waals surface area contributed by atoms with Gasteiger partial charge < -0.3 is 10.2 Å². The van der Waals surface area contributed by atoms with E-state index in [1.54, 1.807) is 12.1 Å². The summed E-state index contributed by atoms with van der Waals surface area (Å²) < 4.78 is 0. The van der Waals surface area contributed by atoms with E-state index < -0.39 is 5.11 Å². The van der Waals surface area contributed by atoms with Crippen molar-refractivity contribution in [3.05, 3.63) is 45.9 Å². The van der Waals surface area contributed by atoms with E-state index in [1.807, 2.05) is 13.0 Å². The van der Waals surface area contributed by atoms with Gasteiger partial charge in [0.15, 0.2) is 0 Å². The predicted octanol–water partition coefficient (Wildman–Crippen LogP) is 3.40. The van der Waals surface area contributed by atoms with Crippen molar-refractivity contribution in [1.29, 1.82) is 0 Å². The summed E-state index contributed by atoms with van der Waals surface area (Å²) in [5, 5.41) is 20.3. The van der Waals surface area contributed by atoms with Gasteiger partial charge in [-0.1, -0.05) is 37.0 Å². The zero-order valence-electron chi connectivity index (χ0n) is 16.9. The van der Waals surface area contributed by atoms with Gasteiger partial charge in [0.05, 0.1) is 39.2 Å². The number of allylic oxidation sites excluding steroid dienone is 3. The summed E-state index contributed by atoms with van der Waals surface area (Å²) in [6, 6.07) is 3.44. The number of aromatic hydroxyl groups is 2. The Balaban J connectivity index is 2.50. The molecule has 1 aromatic carbocycles. The maximum absolute atomic E-state index is 10.7. The van der Waals surface area contributed by atoms with Crippen LogP contribution in [-0.4, -0.2) is 49.4 Å². The lowest BCUT2D eigenvalue weighted by Crippen LogP contribution is -2.25. The molecule has 0 fully saturated rings. The minimum Gasteiger partial charge on any atom is -0.507 e. The molecule has 2 N–H and O–H groups in total. The standard InChI is InChI=1S/C21H25B5O2/c1-3-4-5-6-13-9-17(27)19(18(28)10-13)16-11-14(21(24,25)26)7-8-15(16)12(2)20(22)23/h9-11,15-16,27-28H,3-8H2,1-2H3. The first-order valence-corrected chi connectivity index (χ1v) is 9.90. The van der Waals surface area contributed by atoms with Crippen LogP contribution in [0.25, 0.3) is 0 Å². The van der Waals surface area contributed by atoms with E-state index in [2.05, 4.69) is 6.92 Å². The van der Waals surface area contributed by atoms with Crippen LogP contribution in [0, 0.1) is 5.92 Å². The van der Waals surface area contributed by atoms with Crippen LogP contribution < -0.4 is 0 Å². The predicted molar refractivity (Wildman–Crippen MR) is 121 cm³/mol. The number of rotatable bonds is 7. The number of phenols is 2. The molecule has 136 valence electrons. The summed E-state index contributed by atoms with van der Waals surface area (Å²) in [5.41, 5.74) is 2.80. The van der Waals surface area contributed by atoms with Crippen LogP contribution in [0.1, 0.15) is 63.0 Å². The molecule has 0 amide bonds. The highest BCUT2D eigenvalue weighted by Gasteiger charge is 2.33. The zero-order chi connectivity index (χ0) is 21.1. The van der Waals surface area contributed by atoms with E-state index >= 15 is 0 Å². The summed E-state index contributed by atoms with van der Waals surface area (Å²) in [6.45, 7) is 4.00. The van der Waals surface area contributed by atoms with Gasteiger partial charge in [-0.2, -0.15) is 5.37 Å². The van der Waals surface area contributed by atoms with Gasteiger partial charge in [-0.25, -0.2) is 0 Å². The number of phenolic OH excluding ortho intramolecular Hbond substituents is 2. The van der Waals surface area contributed by atoms with Crippen molar-refractivity contribution in [3.8, 4) is 11.5 Å². The van der Waals surface area contributed by atoms with Crippen molar-refractivity contribution < 1.29 is 10.2 Å². The van der Waals surface area contributed by atoms with Gasteiger partial charge in [-0.05, 0) is 56.2 Å². The molecule has 2 atom stereocenters. The fourth-order valence-corrected chi connectivity index (χ4v) is 4.00. The Hall–Kier alpha value is -1.38. The minimum absolute atomic E-state index is 0.0408. The van der Waals surface area contributed by atoms with E-state index in [1.165, 1.54) is 0 Å². The molecular formula is C21H25B5O2. The number of unbranched alkanes of at least 4 members (excludes halogenated alkanes) is 2. The maximum Gasteiger partial charge on any atom is 0.123 e. The summed E-state index contributed by atoms with van der Waals surface area (Å²) >= 11 is 0. The van der Waals surface area contributed by atoms with Crippen LogP contribution >= 0.6 is 0 Å². The first-order chi connectivity index (χ1) is 13.1. The van der Waals surface area contributed by atoms with Gasteiger partial charge in [0.1, 0.15) is 11.5 Å². The Labute approximate surface area is 176 Å². The first kappa shape index (κ1) is 22.9. The molecule has 1 aliphatic rings. The molecule has 0 aromatic heterocycles. The van der Waals surface area contributed by atoms with E-state index in [0.29, 0.717) is 24.0 Å². The Kier molecular flexibility index (Phi) is 7.70. The molecule has 1 aliphatic carbocycles. The molecule has 0 aliphatic heterocycles. The molecular weight excluding hydrogens is 338 g/mol. The van der Waals surface area contributed by atoms with Crippen molar-refractivity contribution in [2.24, 2.45) is 5.92 Å². The first-order valence-electron chi connectivity index (χ1n) is 9.90. The molecule has 7 heteroatoms. The van der Waals surface area contributed by atoms with Crippen molar-refractivity contribution in [2.75, 3.05) is 0 Å². The normalized spacial score (nSPS) is 19.9. The molecule has 0 bridgehead atoms. The van der Waals surface area contributed by atoms with Crippen LogP contribution in [0.3, 0.4) is 0 Å². The van der Waals surface area contributed by atoms with Crippen LogP contribution in [0.15, 0.2) is 34.7 Å². The van der Waals surface area contributed by atoms with E-state index in [-0.39, 0.29) is 28.7 Å². The Morgan fingerprint density at radius 1 is 1.11 bits per heavy atom. The topological polar surface area (TPSA) is 40.5 Å². The highest BCUT2D eigenvalue weighted by atomic mass is 16.3. The van der Waals surface area contributed by atoms with Crippen molar-refractivity contribution in [3.63, 3.8) is 0 Å². The van der Waals surface area contributed by atoms with Gasteiger partial charge in [-0.3, -0.25) is 0 Å². The summed E-state index contributed by atoms with van der Waals surface area (Å²) in [5.74, 6) is -0.400. The molecule has 28 heavy (non-hydrogen) atoms. The SMILES string of the molecule is [B]C([B])=C(C)C1CCC(C([B])([B])[B])=CC1c1c(O)cc(CCCCC)cc1O. The Morgan fingerprint density at radius 2 is 1.71 bits per heavy atom. The second-order valence-corrected chi connectivity index (χ2v) is 7.94. The number of hydrogen-bond acceptors (Lipinski definition) is 2. The molecule has 10 radical (unpaired) electrons. The van der Waals surface area contributed by atoms with Crippen molar-refractivity contribution in [2.45, 2.75) is 63.4 Å². The summed E-state index contributed by atoms with van der Waals surface area (Å²) in [7, 11) is 29.4. The molecule has 0 spiro atoms. The van der Waals surface area contributed by atoms with Crippen LogP contribution in [0.5, 0.6) is 11.5 Å². The molecule has 0 saturated heterocycles. The van der Waals surface area contributed by atoms with E-state index in [9.17, 15) is 10.2 Å². The quantitative estimate of drug-likeness (QED) is 0.443. The lowest BCUT2D eigenvalue weighted by Gasteiger charge is -2.37. The van der Waals surface area contributed by atoms with Crippen LogP contribution in [0.2, 0.25) is 5.11 Å². The number of aryl methyl sites for hydroxylation is 1. The minimum atomic E-state index is -1.46. The highest BCUT2D eigenvalue weighted by Crippen LogP contribution is 2.49. The fraction of sp³-hybridized carbons (Fsp3) is 0.524. The average Bonchev–Trinajstić information content (AvgIpc) is 2.60. The van der Waals surface area contributed by atoms with Gasteiger partial charge in [0, 0.05) is 11.5 Å².